The Hall–Kier alpha value is -1.53. The Morgan fingerprint density at radius 1 is 1.09 bits per heavy atom. The van der Waals surface area contributed by atoms with Crippen molar-refractivity contribution in [1.29, 1.82) is 0 Å². The Morgan fingerprint density at radius 2 is 1.71 bits per heavy atom. The molecule has 4 rings (SSSR count). The number of allylic oxidation sites excluding steroid dienone is 1. The van der Waals surface area contributed by atoms with Gasteiger partial charge in [-0.15, -0.1) is 0 Å². The van der Waals surface area contributed by atoms with Gasteiger partial charge in [0.05, 0.1) is 23.5 Å². The predicted octanol–water partition coefficient (Wildman–Crippen LogP) is 4.17. The first-order valence-corrected chi connectivity index (χ1v) is 12.9. The summed E-state index contributed by atoms with van der Waals surface area (Å²) in [5, 5.41) is 31.7. The van der Waals surface area contributed by atoms with Gasteiger partial charge in [0.15, 0.2) is 5.78 Å². The van der Waals surface area contributed by atoms with E-state index in [4.69, 9.17) is 0 Å². The van der Waals surface area contributed by atoms with Crippen LogP contribution < -0.4 is 0 Å². The van der Waals surface area contributed by atoms with Gasteiger partial charge in [-0.25, -0.2) is 0 Å². The quantitative estimate of drug-likeness (QED) is 0.564. The van der Waals surface area contributed by atoms with Crippen LogP contribution in [0.2, 0.25) is 0 Å². The molecule has 6 heteroatoms. The molecule has 0 unspecified atom stereocenters. The number of carbonyl (C=O) groups is 3. The molecule has 34 heavy (non-hydrogen) atoms. The zero-order valence-electron chi connectivity index (χ0n) is 21.8. The van der Waals surface area contributed by atoms with Gasteiger partial charge in [-0.1, -0.05) is 41.5 Å². The number of carbonyl (C=O) groups excluding carboxylic acids is 2. The van der Waals surface area contributed by atoms with Crippen LogP contribution in [0.4, 0.5) is 0 Å². The second kappa shape index (κ2) is 7.73. The molecule has 190 valence electrons. The SMILES string of the molecule is C[C@H](C[C@@H](C)[C@H]1CC(=O)[C@@]2(C)C3=C(C(=O)C[C@]12C)[C@@]1(C)CC[C@H](O)C(C)(C)[C@H]1C[C@@H]3O)C(=O)O. The zero-order chi connectivity index (χ0) is 25.6. The molecule has 0 bridgehead atoms. The Kier molecular flexibility index (Phi) is 5.81. The molecule has 2 saturated carbocycles. The smallest absolute Gasteiger partial charge is 0.306 e. The van der Waals surface area contributed by atoms with Gasteiger partial charge in [0.25, 0.3) is 0 Å². The molecule has 0 aromatic rings. The fourth-order valence-corrected chi connectivity index (χ4v) is 8.92. The lowest BCUT2D eigenvalue weighted by molar-refractivity contribution is -0.144. The van der Waals surface area contributed by atoms with Crippen molar-refractivity contribution in [2.45, 2.75) is 99.2 Å². The lowest BCUT2D eigenvalue weighted by Gasteiger charge is -2.61. The third kappa shape index (κ3) is 3.09. The third-order valence-corrected chi connectivity index (χ3v) is 11.2. The van der Waals surface area contributed by atoms with Crippen LogP contribution >= 0.6 is 0 Å². The first kappa shape index (κ1) is 25.6. The predicted molar refractivity (Wildman–Crippen MR) is 128 cm³/mol. The van der Waals surface area contributed by atoms with E-state index in [-0.39, 0.29) is 35.7 Å². The molecule has 9 atom stereocenters. The highest BCUT2D eigenvalue weighted by Crippen LogP contribution is 2.70. The highest BCUT2D eigenvalue weighted by molar-refractivity contribution is 6.05. The van der Waals surface area contributed by atoms with Crippen molar-refractivity contribution in [2.24, 2.45) is 45.3 Å². The van der Waals surface area contributed by atoms with Gasteiger partial charge in [-0.3, -0.25) is 14.4 Å². The zero-order valence-corrected chi connectivity index (χ0v) is 21.8. The number of Topliss-reactive ketones (excluding diaryl/α,β-unsaturated/α-hetero) is 2. The minimum Gasteiger partial charge on any atom is -0.481 e. The number of carboxylic acids is 1. The molecule has 0 aromatic carbocycles. The van der Waals surface area contributed by atoms with Crippen LogP contribution in [-0.4, -0.2) is 45.1 Å². The molecular formula is C28H42O6. The lowest BCUT2D eigenvalue weighted by atomic mass is 9.42. The van der Waals surface area contributed by atoms with Gasteiger partial charge in [-0.2, -0.15) is 0 Å². The number of carboxylic acid groups (broad SMARTS) is 1. The average Bonchev–Trinajstić information content (AvgIpc) is 2.93. The summed E-state index contributed by atoms with van der Waals surface area (Å²) in [6.45, 7) is 13.8. The second-order valence-electron chi connectivity index (χ2n) is 13.2. The van der Waals surface area contributed by atoms with E-state index < -0.39 is 45.8 Å². The van der Waals surface area contributed by atoms with E-state index in [1.807, 2.05) is 34.6 Å². The Labute approximate surface area is 203 Å². The van der Waals surface area contributed by atoms with Crippen molar-refractivity contribution < 1.29 is 29.7 Å². The van der Waals surface area contributed by atoms with Crippen molar-refractivity contribution in [1.82, 2.24) is 0 Å². The maximum absolute atomic E-state index is 14.0. The average molecular weight is 475 g/mol. The van der Waals surface area contributed by atoms with Crippen molar-refractivity contribution in [3.05, 3.63) is 11.1 Å². The minimum atomic E-state index is -0.949. The van der Waals surface area contributed by atoms with Crippen molar-refractivity contribution in [3.8, 4) is 0 Å². The van der Waals surface area contributed by atoms with E-state index in [1.165, 1.54) is 0 Å². The van der Waals surface area contributed by atoms with Gasteiger partial charge in [0.1, 0.15) is 5.78 Å². The summed E-state index contributed by atoms with van der Waals surface area (Å²) < 4.78 is 0. The van der Waals surface area contributed by atoms with Crippen LogP contribution in [0.1, 0.15) is 87.0 Å². The van der Waals surface area contributed by atoms with Crippen LogP contribution in [0, 0.1) is 45.3 Å². The summed E-state index contributed by atoms with van der Waals surface area (Å²) in [5.74, 6) is -1.51. The fourth-order valence-electron chi connectivity index (χ4n) is 8.92. The first-order chi connectivity index (χ1) is 15.5. The molecule has 3 N–H and O–H groups in total. The monoisotopic (exact) mass is 474 g/mol. The molecule has 0 saturated heterocycles. The van der Waals surface area contributed by atoms with Gasteiger partial charge in [0, 0.05) is 18.4 Å². The molecule has 6 nitrogen and oxygen atoms in total. The molecule has 0 aliphatic heterocycles. The van der Waals surface area contributed by atoms with Crippen LogP contribution in [0.5, 0.6) is 0 Å². The Bertz CT molecular complexity index is 964. The normalized spacial score (nSPS) is 45.3. The molecule has 0 heterocycles. The van der Waals surface area contributed by atoms with Crippen LogP contribution in [0.15, 0.2) is 11.1 Å². The summed E-state index contributed by atoms with van der Waals surface area (Å²) in [6.07, 6.45) is 1.29. The summed E-state index contributed by atoms with van der Waals surface area (Å²) >= 11 is 0. The minimum absolute atomic E-state index is 0.0200. The summed E-state index contributed by atoms with van der Waals surface area (Å²) in [6, 6.07) is 0. The van der Waals surface area contributed by atoms with E-state index in [1.54, 1.807) is 6.92 Å². The molecule has 4 aliphatic carbocycles. The molecule has 2 fully saturated rings. The van der Waals surface area contributed by atoms with Crippen LogP contribution in [-0.2, 0) is 14.4 Å². The van der Waals surface area contributed by atoms with Crippen molar-refractivity contribution >= 4 is 17.5 Å². The number of ketones is 2. The number of hydrogen-bond acceptors (Lipinski definition) is 5. The number of aliphatic hydroxyl groups excluding tert-OH is 2. The second-order valence-corrected chi connectivity index (χ2v) is 13.2. The van der Waals surface area contributed by atoms with Crippen molar-refractivity contribution in [3.63, 3.8) is 0 Å². The van der Waals surface area contributed by atoms with Gasteiger partial charge in [0.2, 0.25) is 0 Å². The van der Waals surface area contributed by atoms with E-state index in [9.17, 15) is 29.7 Å². The Morgan fingerprint density at radius 3 is 2.29 bits per heavy atom. The largest absolute Gasteiger partial charge is 0.481 e. The maximum Gasteiger partial charge on any atom is 0.306 e. The standard InChI is InChI=1S/C28H42O6/c1-14(10-15(2)24(33)34)16-11-21(32)28(7)23-17(29)12-19-25(3,4)20(31)8-9-26(19,5)22(23)18(30)13-27(16,28)6/h14-17,19-20,29,31H,8-13H2,1-7H3,(H,33,34)/t14-,15-,16-,17+,19-,20+,26+,27-,28+/m1/s1. The number of rotatable bonds is 4. The third-order valence-electron chi connectivity index (χ3n) is 11.2. The molecule has 0 aromatic heterocycles. The molecule has 0 spiro atoms. The molecular weight excluding hydrogens is 432 g/mol. The van der Waals surface area contributed by atoms with Gasteiger partial charge < -0.3 is 15.3 Å². The summed E-state index contributed by atoms with van der Waals surface area (Å²) in [4.78, 5) is 39.3. The summed E-state index contributed by atoms with van der Waals surface area (Å²) in [5.41, 5.74) is -1.26. The van der Waals surface area contributed by atoms with E-state index in [0.29, 0.717) is 43.3 Å². The number of aliphatic carboxylic acids is 1. The highest BCUT2D eigenvalue weighted by atomic mass is 16.4. The van der Waals surface area contributed by atoms with Gasteiger partial charge in [-0.05, 0) is 72.2 Å². The molecule has 4 aliphatic rings. The molecule has 0 amide bonds. The number of fused-ring (bicyclic) bond motifs is 4. The number of aliphatic hydroxyl groups is 2. The van der Waals surface area contributed by atoms with Gasteiger partial charge >= 0.3 is 5.97 Å². The highest BCUT2D eigenvalue weighted by Gasteiger charge is 2.70. The van der Waals surface area contributed by atoms with E-state index in [0.717, 1.165) is 0 Å². The maximum atomic E-state index is 14.0. The Balaban J connectivity index is 1.84. The summed E-state index contributed by atoms with van der Waals surface area (Å²) in [7, 11) is 0. The lowest BCUT2D eigenvalue weighted by Crippen LogP contribution is -2.60. The fraction of sp³-hybridized carbons (Fsp3) is 0.821. The molecule has 0 radical (unpaired) electrons. The van der Waals surface area contributed by atoms with E-state index >= 15 is 0 Å². The van der Waals surface area contributed by atoms with E-state index in [2.05, 4.69) is 6.92 Å². The van der Waals surface area contributed by atoms with Crippen molar-refractivity contribution in [2.75, 3.05) is 0 Å². The van der Waals surface area contributed by atoms with Crippen LogP contribution in [0.25, 0.3) is 0 Å². The van der Waals surface area contributed by atoms with Crippen LogP contribution in [0.3, 0.4) is 0 Å². The topological polar surface area (TPSA) is 112 Å². The number of hydrogen-bond donors (Lipinski definition) is 3. The first-order valence-electron chi connectivity index (χ1n) is 12.9.